The van der Waals surface area contributed by atoms with E-state index in [2.05, 4.69) is 0 Å². The van der Waals surface area contributed by atoms with E-state index >= 15 is 17.6 Å². The Morgan fingerprint density at radius 2 is 0.805 bits per heavy atom. The van der Waals surface area contributed by atoms with Crippen LogP contribution >= 0.6 is 0 Å². The molecule has 0 spiro atoms. The van der Waals surface area contributed by atoms with Gasteiger partial charge in [0.15, 0.2) is 11.6 Å². The number of fused-ring (bicyclic) bond motifs is 6. The van der Waals surface area contributed by atoms with Crippen molar-refractivity contribution in [2.45, 2.75) is 70.9 Å². The van der Waals surface area contributed by atoms with Crippen LogP contribution in [0.15, 0.2) is 36.4 Å². The largest absolute Gasteiger partial charge is 0.380 e. The summed E-state index contributed by atoms with van der Waals surface area (Å²) in [5.41, 5.74) is -2.40. The zero-order chi connectivity index (χ0) is 30.0. The predicted molar refractivity (Wildman–Crippen MR) is 140 cm³/mol. The van der Waals surface area contributed by atoms with E-state index in [1.165, 1.54) is 36.4 Å². The summed E-state index contributed by atoms with van der Waals surface area (Å²) in [6.07, 6.45) is 0. The summed E-state index contributed by atoms with van der Waals surface area (Å²) >= 11 is 0. The molecule has 2 saturated heterocycles. The van der Waals surface area contributed by atoms with E-state index in [1.54, 1.807) is 13.8 Å². The van der Waals surface area contributed by atoms with Crippen LogP contribution < -0.4 is 0 Å². The van der Waals surface area contributed by atoms with Gasteiger partial charge in [0.25, 0.3) is 0 Å². The fourth-order valence-corrected chi connectivity index (χ4v) is 5.80. The monoisotopic (exact) mass is 582 g/mol. The second-order valence-corrected chi connectivity index (χ2v) is 13.4. The van der Waals surface area contributed by atoms with Crippen molar-refractivity contribution in [3.05, 3.63) is 58.7 Å². The highest BCUT2D eigenvalue weighted by Crippen LogP contribution is 2.66. The zero-order valence-electron chi connectivity index (χ0n) is 23.7. The molecule has 2 fully saturated rings. The van der Waals surface area contributed by atoms with E-state index in [0.717, 1.165) is 0 Å². The Morgan fingerprint density at radius 1 is 0.488 bits per heavy atom. The van der Waals surface area contributed by atoms with E-state index in [9.17, 15) is 8.78 Å². The highest BCUT2D eigenvalue weighted by molar-refractivity contribution is 6.12. The Morgan fingerprint density at radius 3 is 1.12 bits per heavy atom. The molecule has 0 N–H and O–H groups in total. The van der Waals surface area contributed by atoms with Crippen LogP contribution in [0, 0.1) is 10.8 Å². The van der Waals surface area contributed by atoms with Gasteiger partial charge in [0.1, 0.15) is 0 Å². The summed E-state index contributed by atoms with van der Waals surface area (Å²) in [5, 5.41) is -0.618. The van der Waals surface area contributed by atoms with Gasteiger partial charge in [0.05, 0.1) is 26.4 Å². The van der Waals surface area contributed by atoms with Crippen molar-refractivity contribution < 1.29 is 45.3 Å². The van der Waals surface area contributed by atoms with Crippen LogP contribution in [0.2, 0.25) is 0 Å². The molecule has 0 aromatic heterocycles. The van der Waals surface area contributed by atoms with Gasteiger partial charge >= 0.3 is 17.8 Å². The van der Waals surface area contributed by atoms with Gasteiger partial charge in [0.2, 0.25) is 0 Å². The number of ether oxygens (including phenoxy) is 4. The Bertz CT molecular complexity index is 1440. The van der Waals surface area contributed by atoms with Gasteiger partial charge in [0, 0.05) is 33.1 Å². The lowest BCUT2D eigenvalue weighted by atomic mass is 9.87. The SMILES string of the molecule is CC1(C)COC(C)(c2ccc3c4c(c5ccc(C6(C)OCC(C)(C)CO6)cc5c3c2)C(F)(F)C(F)(F)C4(F)F)OC1. The Balaban J connectivity index is 1.63. The van der Waals surface area contributed by atoms with Gasteiger partial charge in [-0.1, -0.05) is 52.0 Å². The van der Waals surface area contributed by atoms with Crippen LogP contribution in [0.3, 0.4) is 0 Å². The minimum atomic E-state index is -5.62. The third kappa shape index (κ3) is 3.97. The molecule has 0 bridgehead atoms. The molecule has 2 aliphatic heterocycles. The van der Waals surface area contributed by atoms with Gasteiger partial charge in [-0.25, -0.2) is 0 Å². The van der Waals surface area contributed by atoms with Crippen molar-refractivity contribution in [3.8, 4) is 0 Å². The molecule has 3 aromatic rings. The maximum Gasteiger partial charge on any atom is 0.380 e. The molecule has 4 nitrogen and oxygen atoms in total. The number of hydrogen-bond donors (Lipinski definition) is 0. The van der Waals surface area contributed by atoms with Gasteiger partial charge in [-0.3, -0.25) is 0 Å². The van der Waals surface area contributed by atoms with Crippen molar-refractivity contribution in [3.63, 3.8) is 0 Å². The molecule has 0 saturated carbocycles. The number of halogens is 6. The predicted octanol–water partition coefficient (Wildman–Crippen LogP) is 8.32. The normalized spacial score (nSPS) is 26.6. The summed E-state index contributed by atoms with van der Waals surface area (Å²) in [5.74, 6) is -18.4. The van der Waals surface area contributed by atoms with Crippen molar-refractivity contribution >= 4 is 21.5 Å². The number of benzene rings is 3. The van der Waals surface area contributed by atoms with Crippen LogP contribution in [0.5, 0.6) is 0 Å². The van der Waals surface area contributed by atoms with Crippen LogP contribution in [-0.2, 0) is 42.4 Å². The molecule has 0 radical (unpaired) electrons. The van der Waals surface area contributed by atoms with E-state index in [0.29, 0.717) is 37.6 Å². The molecule has 41 heavy (non-hydrogen) atoms. The first-order valence-electron chi connectivity index (χ1n) is 13.5. The fourth-order valence-electron chi connectivity index (χ4n) is 5.80. The summed E-state index contributed by atoms with van der Waals surface area (Å²) < 4.78 is 115. The van der Waals surface area contributed by atoms with E-state index in [1.807, 2.05) is 27.7 Å². The van der Waals surface area contributed by atoms with Crippen molar-refractivity contribution in [1.29, 1.82) is 0 Å². The smallest absolute Gasteiger partial charge is 0.345 e. The molecule has 0 unspecified atom stereocenters. The Hall–Kier alpha value is -2.40. The van der Waals surface area contributed by atoms with Gasteiger partial charge in [-0.05, 0) is 47.5 Å². The maximum absolute atomic E-state index is 15.3. The average Bonchev–Trinajstić information content (AvgIpc) is 3.01. The average molecular weight is 583 g/mol. The third-order valence-corrected chi connectivity index (χ3v) is 8.54. The minimum Gasteiger partial charge on any atom is -0.345 e. The maximum atomic E-state index is 15.3. The summed E-state index contributed by atoms with van der Waals surface area (Å²) in [7, 11) is 0. The second kappa shape index (κ2) is 8.36. The lowest BCUT2D eigenvalue weighted by Crippen LogP contribution is -2.43. The highest BCUT2D eigenvalue weighted by Gasteiger charge is 2.80. The molecule has 0 amide bonds. The summed E-state index contributed by atoms with van der Waals surface area (Å²) in [6.45, 7) is 12.6. The number of rotatable bonds is 2. The van der Waals surface area contributed by atoms with Gasteiger partial charge in [-0.2, -0.15) is 26.3 Å². The topological polar surface area (TPSA) is 36.9 Å². The Labute approximate surface area is 233 Å². The van der Waals surface area contributed by atoms with Crippen molar-refractivity contribution in [2.75, 3.05) is 26.4 Å². The molecule has 6 rings (SSSR count). The fraction of sp³-hybridized carbons (Fsp3) is 0.548. The molecule has 2 heterocycles. The molecular formula is C31H32F6O4. The summed E-state index contributed by atoms with van der Waals surface area (Å²) in [6, 6.07) is 8.15. The van der Waals surface area contributed by atoms with Crippen molar-refractivity contribution in [2.24, 2.45) is 10.8 Å². The van der Waals surface area contributed by atoms with Gasteiger partial charge in [-0.15, -0.1) is 0 Å². The zero-order valence-corrected chi connectivity index (χ0v) is 23.7. The number of alkyl halides is 6. The van der Waals surface area contributed by atoms with Crippen LogP contribution in [0.4, 0.5) is 26.3 Å². The lowest BCUT2D eigenvalue weighted by Gasteiger charge is -2.42. The minimum absolute atomic E-state index is 0.0873. The molecule has 3 aromatic carbocycles. The highest BCUT2D eigenvalue weighted by atomic mass is 19.3. The van der Waals surface area contributed by atoms with E-state index in [4.69, 9.17) is 18.9 Å². The first-order chi connectivity index (χ1) is 18.7. The van der Waals surface area contributed by atoms with Crippen LogP contribution in [0.1, 0.15) is 63.8 Å². The van der Waals surface area contributed by atoms with Gasteiger partial charge < -0.3 is 18.9 Å². The molecule has 222 valence electrons. The molecule has 1 aliphatic carbocycles. The molecule has 3 aliphatic rings. The standard InChI is InChI=1S/C31H32F6O4/c1-25(2)13-38-27(5,39-14-25)17-7-9-19-21(11-17)22-12-18(28(6)40-15-26(3,4)16-41-28)8-10-20(22)24-23(19)29(32,33)31(36,37)30(24,34)35/h7-12H,13-16H2,1-6H3. The first-order valence-corrected chi connectivity index (χ1v) is 13.5. The lowest BCUT2D eigenvalue weighted by molar-refractivity contribution is -0.301. The van der Waals surface area contributed by atoms with Crippen molar-refractivity contribution in [1.82, 2.24) is 0 Å². The van der Waals surface area contributed by atoms with E-state index in [-0.39, 0.29) is 21.6 Å². The van der Waals surface area contributed by atoms with Crippen LogP contribution in [-0.4, -0.2) is 32.4 Å². The molecule has 10 heteroatoms. The second-order valence-electron chi connectivity index (χ2n) is 13.4. The quantitative estimate of drug-likeness (QED) is 0.225. The van der Waals surface area contributed by atoms with Crippen LogP contribution in [0.25, 0.3) is 21.5 Å². The third-order valence-electron chi connectivity index (χ3n) is 8.54. The Kier molecular flexibility index (Phi) is 5.86. The molecule has 0 atom stereocenters. The summed E-state index contributed by atoms with van der Waals surface area (Å²) in [4.78, 5) is 0. The first kappa shape index (κ1) is 28.7. The van der Waals surface area contributed by atoms with E-state index < -0.39 is 51.2 Å². The molecular weight excluding hydrogens is 550 g/mol. The number of hydrogen-bond acceptors (Lipinski definition) is 4.